The highest BCUT2D eigenvalue weighted by atomic mass is 16.5. The van der Waals surface area contributed by atoms with Crippen LogP contribution in [-0.4, -0.2) is 44.4 Å². The average Bonchev–Trinajstić information content (AvgIpc) is 2.48. The van der Waals surface area contributed by atoms with E-state index in [0.717, 1.165) is 46.1 Å². The minimum absolute atomic E-state index is 0.698. The molecule has 1 aromatic rings. The monoisotopic (exact) mass is 276 g/mol. The van der Waals surface area contributed by atoms with Crippen LogP contribution in [0.3, 0.4) is 0 Å². The maximum Gasteiger partial charge on any atom is 0.0991 e. The normalized spacial score (nSPS) is 10.7. The summed E-state index contributed by atoms with van der Waals surface area (Å²) in [7, 11) is 0. The van der Waals surface area contributed by atoms with E-state index in [-0.39, 0.29) is 0 Å². The van der Waals surface area contributed by atoms with Crippen LogP contribution in [-0.2, 0) is 16.0 Å². The van der Waals surface area contributed by atoms with Crippen LogP contribution in [0.5, 0.6) is 0 Å². The van der Waals surface area contributed by atoms with Crippen LogP contribution in [0.15, 0.2) is 24.3 Å². The molecule has 0 radical (unpaired) electrons. The lowest BCUT2D eigenvalue weighted by Gasteiger charge is -2.22. The Balaban J connectivity index is 2.49. The van der Waals surface area contributed by atoms with Crippen molar-refractivity contribution in [3.8, 4) is 6.07 Å². The number of rotatable bonds is 10. The van der Waals surface area contributed by atoms with E-state index in [1.54, 1.807) is 0 Å². The maximum atomic E-state index is 8.80. The summed E-state index contributed by atoms with van der Waals surface area (Å²) in [6.45, 7) is 9.61. The van der Waals surface area contributed by atoms with Crippen molar-refractivity contribution in [2.24, 2.45) is 0 Å². The van der Waals surface area contributed by atoms with E-state index in [1.807, 2.05) is 38.1 Å². The quantitative estimate of drug-likeness (QED) is 0.616. The van der Waals surface area contributed by atoms with Crippen molar-refractivity contribution >= 4 is 0 Å². The van der Waals surface area contributed by atoms with Gasteiger partial charge in [0.1, 0.15) is 0 Å². The first-order chi connectivity index (χ1) is 9.80. The summed E-state index contributed by atoms with van der Waals surface area (Å²) in [5.74, 6) is 0. The van der Waals surface area contributed by atoms with Crippen molar-refractivity contribution in [1.82, 2.24) is 4.90 Å². The first-order valence-corrected chi connectivity index (χ1v) is 7.17. The Morgan fingerprint density at radius 3 is 2.00 bits per heavy atom. The molecule has 0 N–H and O–H groups in total. The van der Waals surface area contributed by atoms with Crippen molar-refractivity contribution in [2.45, 2.75) is 20.4 Å². The first kappa shape index (κ1) is 16.6. The fraction of sp³-hybridized carbons (Fsp3) is 0.562. The predicted octanol–water partition coefficient (Wildman–Crippen LogP) is 2.43. The van der Waals surface area contributed by atoms with E-state index in [4.69, 9.17) is 14.7 Å². The van der Waals surface area contributed by atoms with E-state index in [9.17, 15) is 0 Å². The molecule has 1 rings (SSSR count). The van der Waals surface area contributed by atoms with Gasteiger partial charge in [0.15, 0.2) is 0 Å². The van der Waals surface area contributed by atoms with Gasteiger partial charge in [-0.15, -0.1) is 0 Å². The van der Waals surface area contributed by atoms with Gasteiger partial charge >= 0.3 is 0 Å². The molecular formula is C16H24N2O2. The lowest BCUT2D eigenvalue weighted by Crippen LogP contribution is -2.30. The molecule has 0 saturated heterocycles. The predicted molar refractivity (Wildman–Crippen MR) is 79.4 cm³/mol. The zero-order valence-corrected chi connectivity index (χ0v) is 12.5. The van der Waals surface area contributed by atoms with Gasteiger partial charge in [-0.25, -0.2) is 0 Å². The fourth-order valence-electron chi connectivity index (χ4n) is 1.89. The molecule has 0 aliphatic carbocycles. The lowest BCUT2D eigenvalue weighted by molar-refractivity contribution is 0.0798. The van der Waals surface area contributed by atoms with E-state index in [2.05, 4.69) is 11.0 Å². The average molecular weight is 276 g/mol. The van der Waals surface area contributed by atoms with Gasteiger partial charge in [-0.3, -0.25) is 4.90 Å². The highest BCUT2D eigenvalue weighted by molar-refractivity contribution is 5.31. The first-order valence-electron chi connectivity index (χ1n) is 7.17. The van der Waals surface area contributed by atoms with Crippen LogP contribution in [0.1, 0.15) is 25.0 Å². The number of nitriles is 1. The molecular weight excluding hydrogens is 252 g/mol. The molecule has 0 aliphatic heterocycles. The molecule has 110 valence electrons. The van der Waals surface area contributed by atoms with E-state index < -0.39 is 0 Å². The Morgan fingerprint density at radius 2 is 1.55 bits per heavy atom. The Labute approximate surface area is 121 Å². The van der Waals surface area contributed by atoms with Gasteiger partial charge < -0.3 is 9.47 Å². The SMILES string of the molecule is CCOCCN(CCOCC)Cc1ccc(C#N)cc1. The largest absolute Gasteiger partial charge is 0.380 e. The zero-order valence-electron chi connectivity index (χ0n) is 12.5. The molecule has 4 nitrogen and oxygen atoms in total. The van der Waals surface area contributed by atoms with Crippen molar-refractivity contribution in [1.29, 1.82) is 5.26 Å². The van der Waals surface area contributed by atoms with Crippen LogP contribution in [0.25, 0.3) is 0 Å². The number of ether oxygens (including phenoxy) is 2. The third-order valence-corrected chi connectivity index (χ3v) is 3.00. The molecule has 0 aromatic heterocycles. The third-order valence-electron chi connectivity index (χ3n) is 3.00. The molecule has 20 heavy (non-hydrogen) atoms. The summed E-state index contributed by atoms with van der Waals surface area (Å²) < 4.78 is 10.8. The van der Waals surface area contributed by atoms with Crippen molar-refractivity contribution in [3.05, 3.63) is 35.4 Å². The number of hydrogen-bond acceptors (Lipinski definition) is 4. The summed E-state index contributed by atoms with van der Waals surface area (Å²) in [6.07, 6.45) is 0. The highest BCUT2D eigenvalue weighted by Gasteiger charge is 2.06. The van der Waals surface area contributed by atoms with Crippen LogP contribution >= 0.6 is 0 Å². The zero-order chi connectivity index (χ0) is 14.6. The van der Waals surface area contributed by atoms with Gasteiger partial charge in [0, 0.05) is 32.8 Å². The minimum Gasteiger partial charge on any atom is -0.380 e. The fourth-order valence-corrected chi connectivity index (χ4v) is 1.89. The topological polar surface area (TPSA) is 45.5 Å². The van der Waals surface area contributed by atoms with Gasteiger partial charge in [-0.05, 0) is 31.5 Å². The molecule has 0 fully saturated rings. The van der Waals surface area contributed by atoms with Gasteiger partial charge in [0.2, 0.25) is 0 Å². The number of nitrogens with zero attached hydrogens (tertiary/aromatic N) is 2. The van der Waals surface area contributed by atoms with Crippen LogP contribution in [0.4, 0.5) is 0 Å². The van der Waals surface area contributed by atoms with E-state index >= 15 is 0 Å². The van der Waals surface area contributed by atoms with Crippen LogP contribution in [0.2, 0.25) is 0 Å². The maximum absolute atomic E-state index is 8.80. The summed E-state index contributed by atoms with van der Waals surface area (Å²) in [6, 6.07) is 9.87. The second kappa shape index (κ2) is 10.4. The van der Waals surface area contributed by atoms with Crippen LogP contribution < -0.4 is 0 Å². The highest BCUT2D eigenvalue weighted by Crippen LogP contribution is 2.07. The molecule has 0 spiro atoms. The summed E-state index contributed by atoms with van der Waals surface area (Å²) >= 11 is 0. The second-order valence-electron chi connectivity index (χ2n) is 4.48. The molecule has 0 unspecified atom stereocenters. The van der Waals surface area contributed by atoms with Crippen LogP contribution in [0, 0.1) is 11.3 Å². The van der Waals surface area contributed by atoms with Gasteiger partial charge in [0.05, 0.1) is 24.8 Å². The molecule has 0 saturated carbocycles. The second-order valence-corrected chi connectivity index (χ2v) is 4.48. The standard InChI is InChI=1S/C16H24N2O2/c1-3-19-11-9-18(10-12-20-4-2)14-16-7-5-15(13-17)6-8-16/h5-8H,3-4,9-12,14H2,1-2H3. The molecule has 0 heterocycles. The summed E-state index contributed by atoms with van der Waals surface area (Å²) in [4.78, 5) is 2.31. The molecule has 1 aromatic carbocycles. The minimum atomic E-state index is 0.698. The molecule has 0 atom stereocenters. The summed E-state index contributed by atoms with van der Waals surface area (Å²) in [5.41, 5.74) is 1.90. The van der Waals surface area contributed by atoms with Gasteiger partial charge in [-0.2, -0.15) is 5.26 Å². The van der Waals surface area contributed by atoms with Gasteiger partial charge in [0.25, 0.3) is 0 Å². The Bertz CT molecular complexity index is 388. The van der Waals surface area contributed by atoms with Gasteiger partial charge in [-0.1, -0.05) is 12.1 Å². The van der Waals surface area contributed by atoms with E-state index in [0.29, 0.717) is 5.56 Å². The van der Waals surface area contributed by atoms with Crippen molar-refractivity contribution in [3.63, 3.8) is 0 Å². The molecule has 0 bridgehead atoms. The van der Waals surface area contributed by atoms with Crippen molar-refractivity contribution in [2.75, 3.05) is 39.5 Å². The smallest absolute Gasteiger partial charge is 0.0991 e. The van der Waals surface area contributed by atoms with E-state index in [1.165, 1.54) is 5.56 Å². The molecule has 4 heteroatoms. The Kier molecular flexibility index (Phi) is 8.64. The molecule has 0 amide bonds. The molecule has 0 aliphatic rings. The number of benzene rings is 1. The lowest BCUT2D eigenvalue weighted by atomic mass is 10.1. The third kappa shape index (κ3) is 6.67. The number of hydrogen-bond donors (Lipinski definition) is 0. The Hall–Kier alpha value is -1.41. The van der Waals surface area contributed by atoms with Crippen molar-refractivity contribution < 1.29 is 9.47 Å². The Morgan fingerprint density at radius 1 is 1.00 bits per heavy atom. The summed E-state index contributed by atoms with van der Waals surface area (Å²) in [5, 5.41) is 8.80.